The van der Waals surface area contributed by atoms with E-state index in [0.717, 1.165) is 40.5 Å². The SMILES string of the molecule is O=C(N/N=C\C12c3ccccc3C(c3ccccc31)[C@@H]1C(=O)N(c3ccccc3)C(=O)[C@@H]12)c1cc([N+](=O)[O-])ccc1O. The number of para-hydroxylation sites is 1. The molecule has 0 saturated carbocycles. The van der Waals surface area contributed by atoms with Crippen LogP contribution in [0.1, 0.15) is 38.5 Å². The highest BCUT2D eigenvalue weighted by Crippen LogP contribution is 2.63. The van der Waals surface area contributed by atoms with E-state index in [1.165, 1.54) is 11.1 Å². The van der Waals surface area contributed by atoms with Crippen LogP contribution < -0.4 is 10.3 Å². The molecule has 2 atom stereocenters. The molecule has 4 aliphatic rings. The summed E-state index contributed by atoms with van der Waals surface area (Å²) in [5, 5.41) is 25.7. The van der Waals surface area contributed by atoms with E-state index in [1.54, 1.807) is 24.3 Å². The summed E-state index contributed by atoms with van der Waals surface area (Å²) in [6.45, 7) is 0. The summed E-state index contributed by atoms with van der Waals surface area (Å²) in [7, 11) is 0. The van der Waals surface area contributed by atoms with Gasteiger partial charge in [-0.25, -0.2) is 10.3 Å². The normalized spacial score (nSPS) is 23.4. The average molecular weight is 559 g/mol. The van der Waals surface area contributed by atoms with Gasteiger partial charge in [-0.3, -0.25) is 24.5 Å². The van der Waals surface area contributed by atoms with Crippen molar-refractivity contribution in [2.24, 2.45) is 16.9 Å². The van der Waals surface area contributed by atoms with E-state index >= 15 is 0 Å². The Morgan fingerprint density at radius 1 is 0.905 bits per heavy atom. The molecule has 10 nitrogen and oxygen atoms in total. The summed E-state index contributed by atoms with van der Waals surface area (Å²) in [6, 6.07) is 27.2. The number of nitrogens with zero attached hydrogens (tertiary/aromatic N) is 3. The lowest BCUT2D eigenvalue weighted by molar-refractivity contribution is -0.384. The summed E-state index contributed by atoms with van der Waals surface area (Å²) in [6.07, 6.45) is 1.49. The fourth-order valence-corrected chi connectivity index (χ4v) is 6.95. The first-order chi connectivity index (χ1) is 20.3. The summed E-state index contributed by atoms with van der Waals surface area (Å²) >= 11 is 0. The number of nitro benzene ring substituents is 1. The van der Waals surface area contributed by atoms with E-state index in [9.17, 15) is 29.6 Å². The number of hydrogen-bond donors (Lipinski definition) is 2. The van der Waals surface area contributed by atoms with Crippen molar-refractivity contribution in [2.75, 3.05) is 4.90 Å². The van der Waals surface area contributed by atoms with E-state index in [0.29, 0.717) is 5.69 Å². The lowest BCUT2D eigenvalue weighted by Gasteiger charge is -2.52. The van der Waals surface area contributed by atoms with Crippen molar-refractivity contribution in [2.45, 2.75) is 11.3 Å². The molecular formula is C32H22N4O6. The molecule has 1 heterocycles. The molecular weight excluding hydrogens is 536 g/mol. The predicted molar refractivity (Wildman–Crippen MR) is 152 cm³/mol. The van der Waals surface area contributed by atoms with Crippen molar-refractivity contribution in [1.29, 1.82) is 0 Å². The number of hydrazone groups is 1. The number of nitro groups is 1. The van der Waals surface area contributed by atoms with Crippen LogP contribution >= 0.6 is 0 Å². The number of carbonyl (C=O) groups excluding carboxylic acids is 3. The van der Waals surface area contributed by atoms with Crippen molar-refractivity contribution in [3.05, 3.63) is 135 Å². The topological polar surface area (TPSA) is 142 Å². The monoisotopic (exact) mass is 558 g/mol. The van der Waals surface area contributed by atoms with Crippen molar-refractivity contribution in [1.82, 2.24) is 5.43 Å². The number of phenols is 1. The van der Waals surface area contributed by atoms with Gasteiger partial charge in [-0.1, -0.05) is 66.7 Å². The molecule has 42 heavy (non-hydrogen) atoms. The van der Waals surface area contributed by atoms with Crippen molar-refractivity contribution >= 4 is 35.3 Å². The Morgan fingerprint density at radius 2 is 1.52 bits per heavy atom. The zero-order chi connectivity index (χ0) is 29.2. The molecule has 3 amide bonds. The Morgan fingerprint density at radius 3 is 2.17 bits per heavy atom. The van der Waals surface area contributed by atoms with Gasteiger partial charge in [0.2, 0.25) is 11.8 Å². The average Bonchev–Trinajstić information content (AvgIpc) is 3.28. The summed E-state index contributed by atoms with van der Waals surface area (Å²) in [5.41, 5.74) is 4.38. The number of hydrogen-bond acceptors (Lipinski definition) is 7. The molecule has 0 radical (unpaired) electrons. The molecule has 3 aliphatic carbocycles. The summed E-state index contributed by atoms with van der Waals surface area (Å²) in [5.74, 6) is -3.87. The minimum absolute atomic E-state index is 0.298. The van der Waals surface area contributed by atoms with Gasteiger partial charge in [0.05, 0.1) is 33.4 Å². The highest BCUT2D eigenvalue weighted by Gasteiger charge is 2.68. The standard InChI is InChI=1S/C32H22N4O6/c37-25-15-14-19(36(41)42)16-22(25)29(38)34-33-17-32-23-12-6-4-10-20(23)26(21-11-5-7-13-24(21)32)27-28(32)31(40)35(30(27)39)18-8-2-1-3-9-18/h1-17,26-28,37H,(H,34,38)/b33-17-/t26?,27-,28+,32?/m0/s1. The van der Waals surface area contributed by atoms with E-state index in [2.05, 4.69) is 10.5 Å². The minimum atomic E-state index is -1.21. The minimum Gasteiger partial charge on any atom is -0.507 e. The summed E-state index contributed by atoms with van der Waals surface area (Å²) < 4.78 is 0. The van der Waals surface area contributed by atoms with Crippen LogP contribution in [-0.2, 0) is 15.0 Å². The van der Waals surface area contributed by atoms with Crippen LogP contribution in [0.2, 0.25) is 0 Å². The van der Waals surface area contributed by atoms with Crippen LogP contribution in [0.5, 0.6) is 5.75 Å². The largest absolute Gasteiger partial charge is 0.507 e. The molecule has 206 valence electrons. The third kappa shape index (κ3) is 3.38. The number of anilines is 1. The van der Waals surface area contributed by atoms with Gasteiger partial charge in [-0.15, -0.1) is 0 Å². The zero-order valence-corrected chi connectivity index (χ0v) is 21.9. The van der Waals surface area contributed by atoms with Crippen LogP contribution in [0.3, 0.4) is 0 Å². The van der Waals surface area contributed by atoms with Gasteiger partial charge in [0.1, 0.15) is 5.75 Å². The maximum Gasteiger partial charge on any atom is 0.275 e. The Balaban J connectivity index is 1.38. The first-order valence-electron chi connectivity index (χ1n) is 13.3. The van der Waals surface area contributed by atoms with Crippen molar-refractivity contribution in [3.8, 4) is 5.75 Å². The highest BCUT2D eigenvalue weighted by molar-refractivity contribution is 6.25. The van der Waals surface area contributed by atoms with Crippen LogP contribution in [0.15, 0.2) is 102 Å². The van der Waals surface area contributed by atoms with Gasteiger partial charge in [0, 0.05) is 24.3 Å². The molecule has 4 aromatic rings. The third-order valence-corrected chi connectivity index (χ3v) is 8.57. The second-order valence-corrected chi connectivity index (χ2v) is 10.5. The van der Waals surface area contributed by atoms with Gasteiger partial charge in [0.15, 0.2) is 0 Å². The van der Waals surface area contributed by atoms with Gasteiger partial charge in [-0.2, -0.15) is 5.10 Å². The van der Waals surface area contributed by atoms with Crippen molar-refractivity contribution < 1.29 is 24.4 Å². The second-order valence-electron chi connectivity index (χ2n) is 10.5. The molecule has 1 fully saturated rings. The summed E-state index contributed by atoms with van der Waals surface area (Å²) in [4.78, 5) is 53.2. The number of carbonyl (C=O) groups is 3. The number of imide groups is 1. The fourth-order valence-electron chi connectivity index (χ4n) is 6.95. The molecule has 1 aliphatic heterocycles. The van der Waals surface area contributed by atoms with E-state index in [1.807, 2.05) is 54.6 Å². The first kappa shape index (κ1) is 25.3. The number of amides is 3. The van der Waals surface area contributed by atoms with Crippen LogP contribution in [-0.4, -0.2) is 34.0 Å². The maximum atomic E-state index is 14.3. The molecule has 10 heteroatoms. The molecule has 2 N–H and O–H groups in total. The van der Waals surface area contributed by atoms with Crippen molar-refractivity contribution in [3.63, 3.8) is 0 Å². The number of phenolic OH excluding ortho intramolecular Hbond substituents is 1. The zero-order valence-electron chi connectivity index (χ0n) is 21.9. The lowest BCUT2D eigenvalue weighted by atomic mass is 9.47. The number of rotatable bonds is 5. The Kier molecular flexibility index (Phi) is 5.55. The Hall–Kier alpha value is -5.64. The lowest BCUT2D eigenvalue weighted by Crippen LogP contribution is -2.54. The van der Waals surface area contributed by atoms with Crippen LogP contribution in [0.25, 0.3) is 0 Å². The van der Waals surface area contributed by atoms with Gasteiger partial charge < -0.3 is 5.11 Å². The molecule has 2 bridgehead atoms. The molecule has 0 unspecified atom stereocenters. The third-order valence-electron chi connectivity index (χ3n) is 8.57. The van der Waals surface area contributed by atoms with Crippen LogP contribution in [0, 0.1) is 22.0 Å². The molecule has 1 saturated heterocycles. The number of benzene rings is 4. The molecule has 8 rings (SSSR count). The fraction of sp³-hybridized carbons (Fsp3) is 0.125. The Bertz CT molecular complexity index is 1810. The van der Waals surface area contributed by atoms with E-state index < -0.39 is 33.8 Å². The van der Waals surface area contributed by atoms with Crippen LogP contribution in [0.4, 0.5) is 11.4 Å². The smallest absolute Gasteiger partial charge is 0.275 e. The molecule has 4 aromatic carbocycles. The maximum absolute atomic E-state index is 14.3. The highest BCUT2D eigenvalue weighted by atomic mass is 16.6. The quantitative estimate of drug-likeness (QED) is 0.162. The van der Waals surface area contributed by atoms with E-state index in [-0.39, 0.29) is 29.0 Å². The van der Waals surface area contributed by atoms with E-state index in [4.69, 9.17) is 0 Å². The molecule has 0 aromatic heterocycles. The first-order valence-corrected chi connectivity index (χ1v) is 13.3. The number of nitrogens with one attached hydrogen (secondary N) is 1. The van der Waals surface area contributed by atoms with Gasteiger partial charge in [0.25, 0.3) is 11.6 Å². The predicted octanol–water partition coefficient (Wildman–Crippen LogP) is 4.27. The Labute approximate surface area is 239 Å². The second kappa shape index (κ2) is 9.20. The number of aromatic hydroxyl groups is 1. The number of non-ortho nitro benzene ring substituents is 1. The molecule has 0 spiro atoms. The van der Waals surface area contributed by atoms with Gasteiger partial charge in [-0.05, 0) is 40.5 Å². The van der Waals surface area contributed by atoms with Gasteiger partial charge >= 0.3 is 0 Å².